The summed E-state index contributed by atoms with van der Waals surface area (Å²) in [7, 11) is 1.47. The average Bonchev–Trinajstić information content (AvgIpc) is 3.10. The largest absolute Gasteiger partial charge is 0.477 e. The van der Waals surface area contributed by atoms with Crippen LogP contribution in [-0.2, 0) is 13.6 Å². The van der Waals surface area contributed by atoms with Gasteiger partial charge < -0.3 is 10.4 Å². The first-order valence-electron chi connectivity index (χ1n) is 8.13. The van der Waals surface area contributed by atoms with Gasteiger partial charge in [0.15, 0.2) is 5.69 Å². The van der Waals surface area contributed by atoms with Crippen LogP contribution in [0.1, 0.15) is 37.8 Å². The van der Waals surface area contributed by atoms with Crippen molar-refractivity contribution in [3.63, 3.8) is 0 Å². The number of anilines is 1. The molecule has 0 aliphatic heterocycles. The number of carboxylic acid groups (broad SMARTS) is 1. The molecule has 1 amide bonds. The number of aryl methyl sites for hydroxylation is 2. The molecule has 0 spiro atoms. The fourth-order valence-corrected chi connectivity index (χ4v) is 3.09. The van der Waals surface area contributed by atoms with Gasteiger partial charge in [0.2, 0.25) is 0 Å². The topological polar surface area (TPSA) is 102 Å². The lowest BCUT2D eigenvalue weighted by Gasteiger charge is -2.07. The van der Waals surface area contributed by atoms with Crippen molar-refractivity contribution >= 4 is 29.2 Å². The van der Waals surface area contributed by atoms with Crippen molar-refractivity contribution in [3.8, 4) is 0 Å². The number of carbonyl (C=O) groups excluding carboxylic acids is 1. The predicted molar refractivity (Wildman–Crippen MR) is 100 cm³/mol. The van der Waals surface area contributed by atoms with E-state index in [1.165, 1.54) is 13.2 Å². The molecular weight excluding hydrogens is 370 g/mol. The third-order valence-electron chi connectivity index (χ3n) is 4.23. The number of carbonyl (C=O) groups is 2. The van der Waals surface area contributed by atoms with Gasteiger partial charge in [-0.15, -0.1) is 0 Å². The van der Waals surface area contributed by atoms with Crippen molar-refractivity contribution in [1.82, 2.24) is 19.6 Å². The number of nitrogens with zero attached hydrogens (tertiary/aromatic N) is 4. The molecule has 2 N–H and O–H groups in total. The molecule has 0 aliphatic rings. The zero-order valence-corrected chi connectivity index (χ0v) is 15.8. The van der Waals surface area contributed by atoms with Crippen LogP contribution >= 0.6 is 11.6 Å². The van der Waals surface area contributed by atoms with Gasteiger partial charge in [-0.25, -0.2) is 4.79 Å². The van der Waals surface area contributed by atoms with Crippen LogP contribution in [-0.4, -0.2) is 36.5 Å². The van der Waals surface area contributed by atoms with E-state index in [2.05, 4.69) is 15.5 Å². The van der Waals surface area contributed by atoms with E-state index in [9.17, 15) is 14.7 Å². The molecular formula is C18H18ClN5O3. The summed E-state index contributed by atoms with van der Waals surface area (Å²) in [5.41, 5.74) is 2.72. The summed E-state index contributed by atoms with van der Waals surface area (Å²) in [5.74, 6) is -1.76. The minimum absolute atomic E-state index is 0.00797. The van der Waals surface area contributed by atoms with Gasteiger partial charge in [0.25, 0.3) is 5.91 Å². The van der Waals surface area contributed by atoms with E-state index in [0.29, 0.717) is 22.9 Å². The van der Waals surface area contributed by atoms with Crippen LogP contribution in [0, 0.1) is 13.8 Å². The third kappa shape index (κ3) is 3.70. The Morgan fingerprint density at radius 1 is 1.30 bits per heavy atom. The Hall–Kier alpha value is -3.13. The predicted octanol–water partition coefficient (Wildman–Crippen LogP) is 2.89. The maximum atomic E-state index is 12.6. The molecule has 2 aromatic heterocycles. The van der Waals surface area contributed by atoms with Gasteiger partial charge in [-0.2, -0.15) is 10.2 Å². The van der Waals surface area contributed by atoms with Crippen LogP contribution < -0.4 is 5.32 Å². The molecule has 0 saturated heterocycles. The van der Waals surface area contributed by atoms with Crippen molar-refractivity contribution in [1.29, 1.82) is 0 Å². The van der Waals surface area contributed by atoms with Crippen molar-refractivity contribution in [2.75, 3.05) is 5.32 Å². The number of halogens is 1. The molecule has 3 aromatic rings. The summed E-state index contributed by atoms with van der Waals surface area (Å²) in [5, 5.41) is 21.0. The van der Waals surface area contributed by atoms with Gasteiger partial charge in [-0.1, -0.05) is 23.7 Å². The number of aromatic nitrogens is 4. The summed E-state index contributed by atoms with van der Waals surface area (Å²) < 4.78 is 2.91. The van der Waals surface area contributed by atoms with Crippen LogP contribution in [0.15, 0.2) is 30.5 Å². The van der Waals surface area contributed by atoms with Crippen LogP contribution in [0.4, 0.5) is 5.69 Å². The fourth-order valence-electron chi connectivity index (χ4n) is 2.88. The van der Waals surface area contributed by atoms with Gasteiger partial charge in [0, 0.05) is 12.1 Å². The second-order valence-electron chi connectivity index (χ2n) is 6.12. The average molecular weight is 388 g/mol. The van der Waals surface area contributed by atoms with Gasteiger partial charge in [0.05, 0.1) is 35.4 Å². The van der Waals surface area contributed by atoms with Gasteiger partial charge >= 0.3 is 5.97 Å². The number of nitrogens with one attached hydrogen (secondary N) is 1. The molecule has 0 saturated carbocycles. The normalized spacial score (nSPS) is 10.8. The lowest BCUT2D eigenvalue weighted by Crippen LogP contribution is -2.18. The minimum Gasteiger partial charge on any atom is -0.477 e. The smallest absolute Gasteiger partial charge is 0.354 e. The van der Waals surface area contributed by atoms with E-state index in [4.69, 9.17) is 11.6 Å². The van der Waals surface area contributed by atoms with Crippen LogP contribution in [0.5, 0.6) is 0 Å². The van der Waals surface area contributed by atoms with Gasteiger partial charge in [0.1, 0.15) is 0 Å². The van der Waals surface area contributed by atoms with Crippen molar-refractivity contribution in [3.05, 3.63) is 63.7 Å². The second kappa shape index (κ2) is 7.24. The van der Waals surface area contributed by atoms with E-state index in [1.807, 2.05) is 25.1 Å². The zero-order valence-electron chi connectivity index (χ0n) is 15.0. The molecule has 140 valence electrons. The monoisotopic (exact) mass is 387 g/mol. The highest BCUT2D eigenvalue weighted by atomic mass is 35.5. The van der Waals surface area contributed by atoms with E-state index >= 15 is 0 Å². The highest BCUT2D eigenvalue weighted by molar-refractivity contribution is 6.30. The van der Waals surface area contributed by atoms with Crippen molar-refractivity contribution in [2.45, 2.75) is 20.4 Å². The first kappa shape index (κ1) is 18.7. The minimum atomic E-state index is -1.22. The van der Waals surface area contributed by atoms with Gasteiger partial charge in [-0.3, -0.25) is 14.2 Å². The molecule has 0 bridgehead atoms. The molecule has 0 fully saturated rings. The zero-order chi connectivity index (χ0) is 19.7. The number of hydrogen-bond acceptors (Lipinski definition) is 4. The summed E-state index contributed by atoms with van der Waals surface area (Å²) in [6.07, 6.45) is 1.24. The third-order valence-corrected chi connectivity index (χ3v) is 4.46. The van der Waals surface area contributed by atoms with E-state index < -0.39 is 11.9 Å². The lowest BCUT2D eigenvalue weighted by molar-refractivity contribution is 0.0680. The summed E-state index contributed by atoms with van der Waals surface area (Å²) in [6, 6.07) is 7.45. The van der Waals surface area contributed by atoms with E-state index in [1.54, 1.807) is 17.7 Å². The molecule has 2 heterocycles. The van der Waals surface area contributed by atoms with E-state index in [0.717, 1.165) is 15.9 Å². The maximum Gasteiger partial charge on any atom is 0.354 e. The molecule has 9 heteroatoms. The fraction of sp³-hybridized carbons (Fsp3) is 0.222. The summed E-state index contributed by atoms with van der Waals surface area (Å²) in [4.78, 5) is 23.9. The highest BCUT2D eigenvalue weighted by Crippen LogP contribution is 2.22. The van der Waals surface area contributed by atoms with Crippen LogP contribution in [0.2, 0.25) is 5.02 Å². The lowest BCUT2D eigenvalue weighted by atomic mass is 10.2. The Bertz CT molecular complexity index is 1040. The summed E-state index contributed by atoms with van der Waals surface area (Å²) >= 11 is 6.02. The van der Waals surface area contributed by atoms with E-state index in [-0.39, 0.29) is 11.3 Å². The van der Waals surface area contributed by atoms with Crippen LogP contribution in [0.3, 0.4) is 0 Å². The summed E-state index contributed by atoms with van der Waals surface area (Å²) in [6.45, 7) is 4.11. The number of hydrogen-bond donors (Lipinski definition) is 2. The molecule has 1 aromatic carbocycles. The molecule has 0 unspecified atom stereocenters. The number of aromatic carboxylic acids is 1. The van der Waals surface area contributed by atoms with Crippen molar-refractivity contribution in [2.24, 2.45) is 7.05 Å². The SMILES string of the molecule is Cc1nn(Cc2cccc(Cl)c2)c(C)c1NC(=O)c1cnn(C)c1C(=O)O. The number of benzene rings is 1. The molecule has 27 heavy (non-hydrogen) atoms. The van der Waals surface area contributed by atoms with Gasteiger partial charge in [-0.05, 0) is 31.5 Å². The Morgan fingerprint density at radius 2 is 2.04 bits per heavy atom. The molecule has 3 rings (SSSR count). The maximum absolute atomic E-state index is 12.6. The quantitative estimate of drug-likeness (QED) is 0.700. The number of carboxylic acids is 1. The highest BCUT2D eigenvalue weighted by Gasteiger charge is 2.23. The molecule has 0 radical (unpaired) electrons. The first-order valence-corrected chi connectivity index (χ1v) is 8.50. The first-order chi connectivity index (χ1) is 12.8. The molecule has 0 aliphatic carbocycles. The second-order valence-corrected chi connectivity index (χ2v) is 6.56. The number of amides is 1. The Labute approximate surface area is 160 Å². The Morgan fingerprint density at radius 3 is 2.70 bits per heavy atom. The standard InChI is InChI=1S/C18H18ClN5O3/c1-10-15(21-17(25)14-8-20-23(3)16(14)18(26)27)11(2)24(22-10)9-12-5-4-6-13(19)7-12/h4-8H,9H2,1-3H3,(H,21,25)(H,26,27). The van der Waals surface area contributed by atoms with Crippen LogP contribution in [0.25, 0.3) is 0 Å². The molecule has 8 nitrogen and oxygen atoms in total. The van der Waals surface area contributed by atoms with Crippen molar-refractivity contribution < 1.29 is 14.7 Å². The molecule has 0 atom stereocenters. The Kier molecular flexibility index (Phi) is 5.00. The number of rotatable bonds is 5. The Balaban J connectivity index is 1.87.